The summed E-state index contributed by atoms with van der Waals surface area (Å²) in [5.74, 6) is 1.14. The molecule has 1 aromatic heterocycles. The van der Waals surface area contributed by atoms with Gasteiger partial charge in [0.05, 0.1) is 4.92 Å². The third-order valence-electron chi connectivity index (χ3n) is 4.54. The monoisotopic (exact) mass is 371 g/mol. The van der Waals surface area contributed by atoms with Crippen molar-refractivity contribution in [1.82, 2.24) is 9.97 Å². The molecule has 0 aliphatic carbocycles. The number of hydrogen-bond acceptors (Lipinski definition) is 6. The van der Waals surface area contributed by atoms with Crippen LogP contribution in [0.15, 0.2) is 12.1 Å². The standard InChI is InChI=1S/C20H29N5O2/c1-7-9-10-24(8-2)20-18(25(26)27)19(21-16(6)22-20)23-17-14(4)11-13(3)12-15(17)5/h11-12H,7-10H2,1-6H3,(H,21,22,23). The number of rotatable bonds is 8. The number of nitro groups is 1. The molecular weight excluding hydrogens is 342 g/mol. The molecule has 0 saturated carbocycles. The molecule has 0 saturated heterocycles. The number of aryl methyl sites for hydroxylation is 4. The highest BCUT2D eigenvalue weighted by Crippen LogP contribution is 2.36. The molecule has 0 bridgehead atoms. The zero-order valence-corrected chi connectivity index (χ0v) is 17.1. The van der Waals surface area contributed by atoms with Gasteiger partial charge in [-0.3, -0.25) is 10.1 Å². The number of aromatic nitrogens is 2. The van der Waals surface area contributed by atoms with Crippen molar-refractivity contribution in [2.24, 2.45) is 0 Å². The van der Waals surface area contributed by atoms with E-state index >= 15 is 0 Å². The molecule has 146 valence electrons. The van der Waals surface area contributed by atoms with Gasteiger partial charge in [-0.2, -0.15) is 0 Å². The highest BCUT2D eigenvalue weighted by molar-refractivity contribution is 5.77. The van der Waals surface area contributed by atoms with E-state index in [9.17, 15) is 10.1 Å². The van der Waals surface area contributed by atoms with E-state index in [1.807, 2.05) is 32.6 Å². The van der Waals surface area contributed by atoms with Gasteiger partial charge in [0.1, 0.15) is 5.82 Å². The van der Waals surface area contributed by atoms with Gasteiger partial charge in [-0.25, -0.2) is 9.97 Å². The highest BCUT2D eigenvalue weighted by atomic mass is 16.6. The largest absolute Gasteiger partial charge is 0.353 e. The smallest absolute Gasteiger partial charge is 0.351 e. The van der Waals surface area contributed by atoms with E-state index in [0.29, 0.717) is 18.2 Å². The van der Waals surface area contributed by atoms with E-state index in [0.717, 1.165) is 41.8 Å². The predicted molar refractivity (Wildman–Crippen MR) is 110 cm³/mol. The Morgan fingerprint density at radius 1 is 1.11 bits per heavy atom. The van der Waals surface area contributed by atoms with Crippen molar-refractivity contribution in [2.75, 3.05) is 23.3 Å². The van der Waals surface area contributed by atoms with Gasteiger partial charge in [0.25, 0.3) is 0 Å². The Balaban J connectivity index is 2.58. The van der Waals surface area contributed by atoms with Crippen LogP contribution in [0.25, 0.3) is 0 Å². The van der Waals surface area contributed by atoms with E-state index in [1.165, 1.54) is 0 Å². The maximum absolute atomic E-state index is 11.9. The van der Waals surface area contributed by atoms with Gasteiger partial charge in [-0.1, -0.05) is 31.0 Å². The fraction of sp³-hybridized carbons (Fsp3) is 0.500. The SMILES string of the molecule is CCCCN(CC)c1nc(C)nc(Nc2c(C)cc(C)cc2C)c1[N+](=O)[O-]. The van der Waals surface area contributed by atoms with Crippen molar-refractivity contribution in [3.05, 3.63) is 44.8 Å². The van der Waals surface area contributed by atoms with Gasteiger partial charge >= 0.3 is 5.69 Å². The zero-order chi connectivity index (χ0) is 20.1. The van der Waals surface area contributed by atoms with Crippen LogP contribution in [0.1, 0.15) is 49.2 Å². The van der Waals surface area contributed by atoms with Gasteiger partial charge in [-0.05, 0) is 52.2 Å². The van der Waals surface area contributed by atoms with Crippen molar-refractivity contribution in [1.29, 1.82) is 0 Å². The molecule has 0 fully saturated rings. The lowest BCUT2D eigenvalue weighted by molar-refractivity contribution is -0.383. The second-order valence-corrected chi connectivity index (χ2v) is 6.88. The van der Waals surface area contributed by atoms with Crippen molar-refractivity contribution in [2.45, 2.75) is 54.4 Å². The van der Waals surface area contributed by atoms with Crippen LogP contribution in [0.5, 0.6) is 0 Å². The van der Waals surface area contributed by atoms with Gasteiger partial charge in [0, 0.05) is 18.8 Å². The molecule has 0 aliphatic rings. The molecule has 0 atom stereocenters. The van der Waals surface area contributed by atoms with E-state index in [2.05, 4.69) is 34.3 Å². The van der Waals surface area contributed by atoms with E-state index in [1.54, 1.807) is 6.92 Å². The first-order valence-electron chi connectivity index (χ1n) is 9.41. The number of nitrogens with one attached hydrogen (secondary N) is 1. The van der Waals surface area contributed by atoms with Gasteiger partial charge in [0.15, 0.2) is 0 Å². The molecule has 1 aromatic carbocycles. The predicted octanol–water partition coefficient (Wildman–Crippen LogP) is 4.99. The molecule has 27 heavy (non-hydrogen) atoms. The maximum Gasteiger partial charge on any atom is 0.353 e. The fourth-order valence-electron chi connectivity index (χ4n) is 3.29. The van der Waals surface area contributed by atoms with Crippen LogP contribution in [0.3, 0.4) is 0 Å². The Bertz CT molecular complexity index is 812. The van der Waals surface area contributed by atoms with E-state index < -0.39 is 0 Å². The molecule has 7 nitrogen and oxygen atoms in total. The Hall–Kier alpha value is -2.70. The molecule has 2 aromatic rings. The quantitative estimate of drug-likeness (QED) is 0.520. The van der Waals surface area contributed by atoms with Crippen molar-refractivity contribution >= 4 is 23.0 Å². The molecule has 0 aliphatic heterocycles. The lowest BCUT2D eigenvalue weighted by Crippen LogP contribution is -2.26. The van der Waals surface area contributed by atoms with Crippen LogP contribution in [-0.2, 0) is 0 Å². The minimum absolute atomic E-state index is 0.0714. The molecule has 2 rings (SSSR count). The summed E-state index contributed by atoms with van der Waals surface area (Å²) in [5, 5.41) is 15.1. The first-order valence-corrected chi connectivity index (χ1v) is 9.41. The summed E-state index contributed by atoms with van der Waals surface area (Å²) >= 11 is 0. The second-order valence-electron chi connectivity index (χ2n) is 6.88. The number of unbranched alkanes of at least 4 members (excludes halogenated alkanes) is 1. The van der Waals surface area contributed by atoms with Crippen LogP contribution in [-0.4, -0.2) is 28.0 Å². The summed E-state index contributed by atoms with van der Waals surface area (Å²) in [6.07, 6.45) is 1.97. The van der Waals surface area contributed by atoms with Gasteiger partial charge in [-0.15, -0.1) is 0 Å². The minimum atomic E-state index is -0.384. The first kappa shape index (κ1) is 20.6. The normalized spacial score (nSPS) is 10.7. The second kappa shape index (κ2) is 8.79. The van der Waals surface area contributed by atoms with Gasteiger partial charge in [0.2, 0.25) is 11.6 Å². The molecule has 1 heterocycles. The van der Waals surface area contributed by atoms with Crippen molar-refractivity contribution < 1.29 is 4.92 Å². The number of hydrogen-bond donors (Lipinski definition) is 1. The maximum atomic E-state index is 11.9. The third-order valence-corrected chi connectivity index (χ3v) is 4.54. The van der Waals surface area contributed by atoms with Crippen LogP contribution in [0.2, 0.25) is 0 Å². The summed E-state index contributed by atoms with van der Waals surface area (Å²) in [7, 11) is 0. The number of anilines is 3. The topological polar surface area (TPSA) is 84.2 Å². The molecule has 0 unspecified atom stereocenters. The molecule has 1 N–H and O–H groups in total. The summed E-state index contributed by atoms with van der Waals surface area (Å²) < 4.78 is 0. The van der Waals surface area contributed by atoms with E-state index in [4.69, 9.17) is 0 Å². The highest BCUT2D eigenvalue weighted by Gasteiger charge is 2.28. The average molecular weight is 371 g/mol. The molecular formula is C20H29N5O2. The number of nitrogens with zero attached hydrogens (tertiary/aromatic N) is 4. The summed E-state index contributed by atoms with van der Waals surface area (Å²) in [6, 6.07) is 4.10. The Kier molecular flexibility index (Phi) is 6.71. The molecule has 0 spiro atoms. The summed E-state index contributed by atoms with van der Waals surface area (Å²) in [4.78, 5) is 22.3. The summed E-state index contributed by atoms with van der Waals surface area (Å²) in [5.41, 5.74) is 3.99. The molecule has 0 amide bonds. The summed E-state index contributed by atoms with van der Waals surface area (Å²) in [6.45, 7) is 13.2. The Labute approximate surface area is 161 Å². The Morgan fingerprint density at radius 3 is 2.26 bits per heavy atom. The van der Waals surface area contributed by atoms with Crippen LogP contribution >= 0.6 is 0 Å². The van der Waals surface area contributed by atoms with Crippen LogP contribution < -0.4 is 10.2 Å². The molecule has 7 heteroatoms. The van der Waals surface area contributed by atoms with Crippen LogP contribution in [0, 0.1) is 37.8 Å². The molecule has 0 radical (unpaired) electrons. The van der Waals surface area contributed by atoms with Crippen molar-refractivity contribution in [3.63, 3.8) is 0 Å². The van der Waals surface area contributed by atoms with Crippen LogP contribution in [0.4, 0.5) is 23.0 Å². The lowest BCUT2D eigenvalue weighted by Gasteiger charge is -2.23. The Morgan fingerprint density at radius 2 is 1.74 bits per heavy atom. The van der Waals surface area contributed by atoms with Crippen molar-refractivity contribution in [3.8, 4) is 0 Å². The minimum Gasteiger partial charge on any atom is -0.351 e. The lowest BCUT2D eigenvalue weighted by atomic mass is 10.1. The average Bonchev–Trinajstić information content (AvgIpc) is 2.58. The van der Waals surface area contributed by atoms with Gasteiger partial charge < -0.3 is 10.2 Å². The fourth-order valence-corrected chi connectivity index (χ4v) is 3.29. The number of benzene rings is 1. The third kappa shape index (κ3) is 4.72. The zero-order valence-electron chi connectivity index (χ0n) is 17.1. The van der Waals surface area contributed by atoms with E-state index in [-0.39, 0.29) is 16.4 Å². The first-order chi connectivity index (χ1) is 12.8.